The number of nitrogens with zero attached hydrogens (tertiary/aromatic N) is 2. The van der Waals surface area contributed by atoms with Crippen molar-refractivity contribution in [3.05, 3.63) is 53.7 Å². The molecule has 2 rings (SSSR count). The number of pyridine rings is 1. The molecule has 5 heteroatoms. The fourth-order valence-electron chi connectivity index (χ4n) is 1.82. The summed E-state index contributed by atoms with van der Waals surface area (Å²) < 4.78 is 0. The molecule has 0 aliphatic carbocycles. The summed E-state index contributed by atoms with van der Waals surface area (Å²) in [6, 6.07) is 13.4. The first-order valence-electron chi connectivity index (χ1n) is 6.43. The second-order valence-corrected chi connectivity index (χ2v) is 5.62. The van der Waals surface area contributed by atoms with Crippen LogP contribution in [-0.2, 0) is 11.2 Å². The van der Waals surface area contributed by atoms with E-state index < -0.39 is 5.97 Å². The topological polar surface area (TPSA) is 74.0 Å². The fourth-order valence-corrected chi connectivity index (χ4v) is 2.70. The van der Waals surface area contributed by atoms with Crippen molar-refractivity contribution in [3.63, 3.8) is 0 Å². The molecule has 0 fully saturated rings. The average Bonchev–Trinajstić information content (AvgIpc) is 2.49. The second kappa shape index (κ2) is 6.91. The number of carboxylic acid groups (broad SMARTS) is 1. The maximum atomic E-state index is 10.9. The molecule has 106 valence electrons. The van der Waals surface area contributed by atoms with Crippen molar-refractivity contribution >= 4 is 17.7 Å². The van der Waals surface area contributed by atoms with Gasteiger partial charge in [0, 0.05) is 11.1 Å². The number of nitriles is 1. The third-order valence-corrected chi connectivity index (χ3v) is 4.05. The zero-order valence-electron chi connectivity index (χ0n) is 11.5. The number of hydrogen-bond donors (Lipinski definition) is 1. The molecule has 0 aliphatic rings. The van der Waals surface area contributed by atoms with E-state index in [1.165, 1.54) is 11.8 Å². The van der Waals surface area contributed by atoms with Gasteiger partial charge in [0.15, 0.2) is 0 Å². The van der Waals surface area contributed by atoms with Gasteiger partial charge in [0.1, 0.15) is 5.03 Å². The molecule has 1 unspecified atom stereocenters. The van der Waals surface area contributed by atoms with Gasteiger partial charge in [0.05, 0.1) is 18.4 Å². The first-order valence-corrected chi connectivity index (χ1v) is 7.25. The minimum absolute atomic E-state index is 0.0419. The van der Waals surface area contributed by atoms with E-state index in [-0.39, 0.29) is 12.3 Å². The zero-order chi connectivity index (χ0) is 15.2. The Bertz CT molecular complexity index is 677. The predicted molar refractivity (Wildman–Crippen MR) is 80.2 cm³/mol. The maximum Gasteiger partial charge on any atom is 0.307 e. The van der Waals surface area contributed by atoms with E-state index in [1.54, 1.807) is 18.3 Å². The van der Waals surface area contributed by atoms with Crippen molar-refractivity contribution in [1.29, 1.82) is 5.26 Å². The van der Waals surface area contributed by atoms with Gasteiger partial charge < -0.3 is 5.11 Å². The lowest BCUT2D eigenvalue weighted by Gasteiger charge is -2.07. The summed E-state index contributed by atoms with van der Waals surface area (Å²) in [6.45, 7) is 1.85. The number of carbonyl (C=O) groups is 1. The van der Waals surface area contributed by atoms with E-state index in [0.29, 0.717) is 10.6 Å². The molecule has 0 bridgehead atoms. The zero-order valence-corrected chi connectivity index (χ0v) is 12.3. The number of carboxylic acids is 1. The summed E-state index contributed by atoms with van der Waals surface area (Å²) in [7, 11) is 0. The Labute approximate surface area is 127 Å². The molecule has 0 saturated heterocycles. The highest BCUT2D eigenvalue weighted by Gasteiger charge is 2.10. The van der Waals surface area contributed by atoms with E-state index in [2.05, 4.69) is 11.1 Å². The molecule has 0 spiro atoms. The monoisotopic (exact) mass is 298 g/mol. The molecular weight excluding hydrogens is 284 g/mol. The van der Waals surface area contributed by atoms with Gasteiger partial charge in [-0.05, 0) is 36.2 Å². The summed E-state index contributed by atoms with van der Waals surface area (Å²) in [5, 5.41) is 18.5. The lowest BCUT2D eigenvalue weighted by Crippen LogP contribution is -2.02. The highest BCUT2D eigenvalue weighted by molar-refractivity contribution is 7.99. The van der Waals surface area contributed by atoms with Gasteiger partial charge in [-0.15, -0.1) is 0 Å². The van der Waals surface area contributed by atoms with E-state index in [9.17, 15) is 4.79 Å². The minimum atomic E-state index is -0.872. The van der Waals surface area contributed by atoms with Crippen LogP contribution >= 0.6 is 11.8 Å². The maximum absolute atomic E-state index is 10.9. The molecule has 0 saturated carbocycles. The predicted octanol–water partition coefficient (Wildman–Crippen LogP) is 3.49. The summed E-state index contributed by atoms with van der Waals surface area (Å²) in [5.41, 5.74) is 1.66. The third-order valence-electron chi connectivity index (χ3n) is 2.98. The van der Waals surface area contributed by atoms with Gasteiger partial charge >= 0.3 is 5.97 Å². The molecule has 1 N–H and O–H groups in total. The second-order valence-electron chi connectivity index (χ2n) is 4.56. The molecule has 0 aliphatic heterocycles. The van der Waals surface area contributed by atoms with Crippen LogP contribution in [0.4, 0.5) is 0 Å². The van der Waals surface area contributed by atoms with Crippen LogP contribution in [0.2, 0.25) is 0 Å². The largest absolute Gasteiger partial charge is 0.481 e. The highest BCUT2D eigenvalue weighted by atomic mass is 32.2. The van der Waals surface area contributed by atoms with Gasteiger partial charge in [-0.25, -0.2) is 4.98 Å². The molecule has 1 aromatic carbocycles. The third kappa shape index (κ3) is 4.07. The van der Waals surface area contributed by atoms with Crippen LogP contribution < -0.4 is 0 Å². The van der Waals surface area contributed by atoms with Crippen molar-refractivity contribution < 1.29 is 9.90 Å². The van der Waals surface area contributed by atoms with E-state index in [1.807, 2.05) is 31.2 Å². The van der Waals surface area contributed by atoms with Gasteiger partial charge in [-0.1, -0.05) is 30.0 Å². The lowest BCUT2D eigenvalue weighted by molar-refractivity contribution is -0.136. The molecule has 1 heterocycles. The van der Waals surface area contributed by atoms with Gasteiger partial charge in [0.25, 0.3) is 0 Å². The molecule has 21 heavy (non-hydrogen) atoms. The van der Waals surface area contributed by atoms with E-state index in [0.717, 1.165) is 10.5 Å². The summed E-state index contributed by atoms with van der Waals surface area (Å²) in [6.07, 6.45) is 1.61. The van der Waals surface area contributed by atoms with Crippen LogP contribution in [0.25, 0.3) is 0 Å². The quantitative estimate of drug-likeness (QED) is 0.914. The van der Waals surface area contributed by atoms with Crippen molar-refractivity contribution in [3.8, 4) is 6.07 Å². The van der Waals surface area contributed by atoms with Gasteiger partial charge in [-0.2, -0.15) is 5.26 Å². The first-order chi connectivity index (χ1) is 10.1. The van der Waals surface area contributed by atoms with Crippen LogP contribution in [0.15, 0.2) is 52.5 Å². The molecular formula is C16H14N2O2S. The van der Waals surface area contributed by atoms with Gasteiger partial charge in [-0.3, -0.25) is 4.79 Å². The SMILES string of the molecule is CC(C#N)c1ccc(Sc2ncccc2CC(=O)O)cc1. The standard InChI is InChI=1S/C16H14N2O2S/c1-11(10-17)12-4-6-14(7-5-12)21-16-13(9-15(19)20)3-2-8-18-16/h2-8,11H,9H2,1H3,(H,19,20). The molecule has 1 aromatic heterocycles. The fraction of sp³-hybridized carbons (Fsp3) is 0.188. The average molecular weight is 298 g/mol. The van der Waals surface area contributed by atoms with Crippen LogP contribution in [0.1, 0.15) is 24.0 Å². The van der Waals surface area contributed by atoms with Crippen LogP contribution in [-0.4, -0.2) is 16.1 Å². The summed E-state index contributed by atoms with van der Waals surface area (Å²) in [4.78, 5) is 16.1. The van der Waals surface area contributed by atoms with E-state index in [4.69, 9.17) is 10.4 Å². The van der Waals surface area contributed by atoms with Gasteiger partial charge in [0.2, 0.25) is 0 Å². The number of aromatic nitrogens is 1. The van der Waals surface area contributed by atoms with Crippen LogP contribution in [0, 0.1) is 11.3 Å². The van der Waals surface area contributed by atoms with Crippen LogP contribution in [0.3, 0.4) is 0 Å². The first kappa shape index (κ1) is 15.1. The molecule has 0 radical (unpaired) electrons. The van der Waals surface area contributed by atoms with Crippen molar-refractivity contribution in [2.45, 2.75) is 29.2 Å². The number of hydrogen-bond acceptors (Lipinski definition) is 4. The Hall–Kier alpha value is -2.32. The molecule has 0 amide bonds. The Balaban J connectivity index is 2.19. The van der Waals surface area contributed by atoms with Crippen molar-refractivity contribution in [1.82, 2.24) is 4.98 Å². The summed E-state index contributed by atoms with van der Waals surface area (Å²) >= 11 is 1.43. The highest BCUT2D eigenvalue weighted by Crippen LogP contribution is 2.30. The normalized spacial score (nSPS) is 11.6. The number of benzene rings is 1. The Morgan fingerprint density at radius 1 is 1.38 bits per heavy atom. The van der Waals surface area contributed by atoms with Crippen molar-refractivity contribution in [2.24, 2.45) is 0 Å². The Kier molecular flexibility index (Phi) is 4.96. The Morgan fingerprint density at radius 3 is 2.71 bits per heavy atom. The minimum Gasteiger partial charge on any atom is -0.481 e. The molecule has 2 aromatic rings. The number of aliphatic carboxylic acids is 1. The molecule has 1 atom stereocenters. The van der Waals surface area contributed by atoms with Crippen LogP contribution in [0.5, 0.6) is 0 Å². The lowest BCUT2D eigenvalue weighted by atomic mass is 10.0. The smallest absolute Gasteiger partial charge is 0.307 e. The van der Waals surface area contributed by atoms with E-state index >= 15 is 0 Å². The molecule has 4 nitrogen and oxygen atoms in total. The Morgan fingerprint density at radius 2 is 2.10 bits per heavy atom. The summed E-state index contributed by atoms with van der Waals surface area (Å²) in [5.74, 6) is -1.01. The number of rotatable bonds is 5. The van der Waals surface area contributed by atoms with Crippen molar-refractivity contribution in [2.75, 3.05) is 0 Å².